The van der Waals surface area contributed by atoms with Gasteiger partial charge < -0.3 is 0 Å². The maximum Gasteiger partial charge on any atom is 0.267 e. The molecule has 0 atom stereocenters. The molecule has 2 aromatic carbocycles. The molecule has 3 aromatic rings. The predicted molar refractivity (Wildman–Crippen MR) is 88.9 cm³/mol. The topological polar surface area (TPSA) is 34.9 Å². The van der Waals surface area contributed by atoms with E-state index >= 15 is 0 Å². The molecule has 0 aliphatic carbocycles. The van der Waals surface area contributed by atoms with Crippen molar-refractivity contribution in [2.24, 2.45) is 0 Å². The van der Waals surface area contributed by atoms with Crippen molar-refractivity contribution in [2.45, 2.75) is 19.9 Å². The molecular weight excluding hydrogens is 272 g/mol. The molecule has 3 rings (SSSR count). The summed E-state index contributed by atoms with van der Waals surface area (Å²) >= 11 is 0. The molecule has 3 nitrogen and oxygen atoms in total. The Morgan fingerprint density at radius 2 is 1.68 bits per heavy atom. The molecule has 0 radical (unpaired) electrons. The van der Waals surface area contributed by atoms with Crippen LogP contribution in [-0.2, 0) is 13.0 Å². The Bertz CT molecular complexity index is 822. The first-order valence-electron chi connectivity index (χ1n) is 7.47. The lowest BCUT2D eigenvalue weighted by Crippen LogP contribution is -2.22. The van der Waals surface area contributed by atoms with E-state index in [1.807, 2.05) is 42.5 Å². The van der Waals surface area contributed by atoms with Gasteiger partial charge in [-0.15, -0.1) is 0 Å². The molecule has 0 spiro atoms. The van der Waals surface area contributed by atoms with E-state index in [0.717, 1.165) is 23.2 Å². The van der Waals surface area contributed by atoms with Crippen LogP contribution in [0.2, 0.25) is 0 Å². The van der Waals surface area contributed by atoms with Crippen LogP contribution in [0.25, 0.3) is 11.3 Å². The van der Waals surface area contributed by atoms with Gasteiger partial charge >= 0.3 is 0 Å². The third-order valence-electron chi connectivity index (χ3n) is 3.67. The number of rotatable bonds is 4. The normalized spacial score (nSPS) is 10.6. The molecular formula is C19H18N2O. The van der Waals surface area contributed by atoms with Crippen LogP contribution in [0.1, 0.15) is 18.1 Å². The second kappa shape index (κ2) is 6.39. The summed E-state index contributed by atoms with van der Waals surface area (Å²) in [7, 11) is 0. The van der Waals surface area contributed by atoms with Crippen LogP contribution >= 0.6 is 0 Å². The van der Waals surface area contributed by atoms with Crippen molar-refractivity contribution in [3.8, 4) is 11.3 Å². The first kappa shape index (κ1) is 14.3. The standard InChI is InChI=1S/C19H18N2O/c1-2-15-9-6-10-17(13-15)18-11-12-19(22)21(20-18)14-16-7-4-3-5-8-16/h3-13H,2,14H2,1H3. The van der Waals surface area contributed by atoms with Crippen LogP contribution in [-0.4, -0.2) is 9.78 Å². The third-order valence-corrected chi connectivity index (χ3v) is 3.67. The number of hydrogen-bond donors (Lipinski definition) is 0. The summed E-state index contributed by atoms with van der Waals surface area (Å²) < 4.78 is 1.52. The van der Waals surface area contributed by atoms with Gasteiger partial charge in [0.15, 0.2) is 0 Å². The summed E-state index contributed by atoms with van der Waals surface area (Å²) in [5.41, 5.74) is 4.11. The van der Waals surface area contributed by atoms with Crippen LogP contribution in [0.5, 0.6) is 0 Å². The first-order valence-corrected chi connectivity index (χ1v) is 7.47. The van der Waals surface area contributed by atoms with Gasteiger partial charge in [-0.1, -0.05) is 55.5 Å². The van der Waals surface area contributed by atoms with Crippen molar-refractivity contribution in [3.63, 3.8) is 0 Å². The molecule has 0 unspecified atom stereocenters. The Labute approximate surface area is 129 Å². The molecule has 0 fully saturated rings. The monoisotopic (exact) mass is 290 g/mol. The molecule has 1 heterocycles. The molecule has 0 aliphatic rings. The third kappa shape index (κ3) is 3.14. The highest BCUT2D eigenvalue weighted by molar-refractivity contribution is 5.59. The second-order valence-corrected chi connectivity index (χ2v) is 5.25. The fourth-order valence-electron chi connectivity index (χ4n) is 2.42. The lowest BCUT2D eigenvalue weighted by atomic mass is 10.1. The summed E-state index contributed by atoms with van der Waals surface area (Å²) in [6.45, 7) is 2.61. The predicted octanol–water partition coefficient (Wildman–Crippen LogP) is 3.52. The van der Waals surface area contributed by atoms with Gasteiger partial charge in [0.25, 0.3) is 5.56 Å². The molecule has 0 bridgehead atoms. The molecule has 22 heavy (non-hydrogen) atoms. The zero-order chi connectivity index (χ0) is 15.4. The van der Waals surface area contributed by atoms with E-state index in [1.54, 1.807) is 12.1 Å². The molecule has 3 heteroatoms. The Hall–Kier alpha value is -2.68. The van der Waals surface area contributed by atoms with E-state index in [1.165, 1.54) is 10.2 Å². The molecule has 1 aromatic heterocycles. The van der Waals surface area contributed by atoms with Crippen LogP contribution in [0.15, 0.2) is 71.5 Å². The highest BCUT2D eigenvalue weighted by Crippen LogP contribution is 2.17. The van der Waals surface area contributed by atoms with Crippen molar-refractivity contribution in [1.29, 1.82) is 0 Å². The zero-order valence-corrected chi connectivity index (χ0v) is 12.6. The van der Waals surface area contributed by atoms with E-state index in [2.05, 4.69) is 24.2 Å². The smallest absolute Gasteiger partial charge is 0.267 e. The first-order chi connectivity index (χ1) is 10.8. The van der Waals surface area contributed by atoms with E-state index in [-0.39, 0.29) is 5.56 Å². The maximum absolute atomic E-state index is 12.0. The molecule has 0 saturated heterocycles. The second-order valence-electron chi connectivity index (χ2n) is 5.25. The molecule has 0 aliphatic heterocycles. The fraction of sp³-hybridized carbons (Fsp3) is 0.158. The SMILES string of the molecule is CCc1cccc(-c2ccc(=O)n(Cc3ccccc3)n2)c1. The summed E-state index contributed by atoms with van der Waals surface area (Å²) in [5, 5.41) is 4.52. The van der Waals surface area contributed by atoms with Crippen LogP contribution in [0, 0.1) is 0 Å². The van der Waals surface area contributed by atoms with Gasteiger partial charge in [0.05, 0.1) is 12.2 Å². The van der Waals surface area contributed by atoms with Gasteiger partial charge in [0.2, 0.25) is 0 Å². The Morgan fingerprint density at radius 1 is 0.909 bits per heavy atom. The maximum atomic E-state index is 12.0. The Kier molecular flexibility index (Phi) is 4.15. The Balaban J connectivity index is 1.97. The molecule has 0 N–H and O–H groups in total. The Morgan fingerprint density at radius 3 is 2.45 bits per heavy atom. The van der Waals surface area contributed by atoms with Crippen LogP contribution < -0.4 is 5.56 Å². The zero-order valence-electron chi connectivity index (χ0n) is 12.6. The van der Waals surface area contributed by atoms with E-state index in [9.17, 15) is 4.79 Å². The minimum atomic E-state index is -0.0840. The molecule has 0 amide bonds. The quantitative estimate of drug-likeness (QED) is 0.737. The van der Waals surface area contributed by atoms with Gasteiger partial charge in [0.1, 0.15) is 0 Å². The van der Waals surface area contributed by atoms with Crippen molar-refractivity contribution >= 4 is 0 Å². The highest BCUT2D eigenvalue weighted by atomic mass is 16.1. The van der Waals surface area contributed by atoms with Crippen molar-refractivity contribution in [3.05, 3.63) is 88.2 Å². The van der Waals surface area contributed by atoms with Gasteiger partial charge in [-0.25, -0.2) is 4.68 Å². The van der Waals surface area contributed by atoms with E-state index in [0.29, 0.717) is 6.54 Å². The summed E-state index contributed by atoms with van der Waals surface area (Å²) in [6, 6.07) is 21.6. The fourth-order valence-corrected chi connectivity index (χ4v) is 2.42. The van der Waals surface area contributed by atoms with Gasteiger partial charge in [0, 0.05) is 11.6 Å². The summed E-state index contributed by atoms with van der Waals surface area (Å²) in [6.07, 6.45) is 0.984. The average molecular weight is 290 g/mol. The molecule has 110 valence electrons. The summed E-state index contributed by atoms with van der Waals surface area (Å²) in [5.74, 6) is 0. The minimum Gasteiger partial charge on any atom is -0.268 e. The number of hydrogen-bond acceptors (Lipinski definition) is 2. The van der Waals surface area contributed by atoms with Crippen molar-refractivity contribution in [1.82, 2.24) is 9.78 Å². The highest BCUT2D eigenvalue weighted by Gasteiger charge is 2.05. The largest absolute Gasteiger partial charge is 0.268 e. The van der Waals surface area contributed by atoms with Crippen molar-refractivity contribution < 1.29 is 0 Å². The van der Waals surface area contributed by atoms with Gasteiger partial charge in [-0.3, -0.25) is 4.79 Å². The molecule has 0 saturated carbocycles. The number of benzene rings is 2. The van der Waals surface area contributed by atoms with Crippen molar-refractivity contribution in [2.75, 3.05) is 0 Å². The lowest BCUT2D eigenvalue weighted by Gasteiger charge is -2.08. The average Bonchev–Trinajstić information content (AvgIpc) is 2.58. The lowest BCUT2D eigenvalue weighted by molar-refractivity contribution is 0.643. The number of aryl methyl sites for hydroxylation is 1. The summed E-state index contributed by atoms with van der Waals surface area (Å²) in [4.78, 5) is 12.0. The van der Waals surface area contributed by atoms with Gasteiger partial charge in [-0.2, -0.15) is 5.10 Å². The van der Waals surface area contributed by atoms with Gasteiger partial charge in [-0.05, 0) is 29.7 Å². The van der Waals surface area contributed by atoms with Crippen LogP contribution in [0.4, 0.5) is 0 Å². The van der Waals surface area contributed by atoms with E-state index in [4.69, 9.17) is 0 Å². The number of aromatic nitrogens is 2. The van der Waals surface area contributed by atoms with E-state index < -0.39 is 0 Å². The minimum absolute atomic E-state index is 0.0840. The van der Waals surface area contributed by atoms with Crippen LogP contribution in [0.3, 0.4) is 0 Å². The number of nitrogens with zero attached hydrogens (tertiary/aromatic N) is 2.